The summed E-state index contributed by atoms with van der Waals surface area (Å²) in [7, 11) is 2.13. The molecule has 20 heavy (non-hydrogen) atoms. The lowest BCUT2D eigenvalue weighted by molar-refractivity contribution is 0.0495. The number of hydrogen-bond donors (Lipinski definition) is 0. The molecular weight excluding hydrogens is 250 g/mol. The lowest BCUT2D eigenvalue weighted by atomic mass is 9.92. The molecule has 0 saturated carbocycles. The van der Waals surface area contributed by atoms with Gasteiger partial charge >= 0.3 is 0 Å². The predicted molar refractivity (Wildman–Crippen MR) is 77.1 cm³/mol. The molecule has 2 aliphatic heterocycles. The molecule has 0 N–H and O–H groups in total. The minimum Gasteiger partial charge on any atom is -0.457 e. The van der Waals surface area contributed by atoms with Crippen molar-refractivity contribution < 1.29 is 9.47 Å². The van der Waals surface area contributed by atoms with Gasteiger partial charge in [-0.2, -0.15) is 0 Å². The van der Waals surface area contributed by atoms with Gasteiger partial charge in [-0.05, 0) is 24.7 Å². The summed E-state index contributed by atoms with van der Waals surface area (Å²) in [5.41, 5.74) is 3.62. The molecule has 3 heteroatoms. The van der Waals surface area contributed by atoms with Crippen LogP contribution in [0.15, 0.2) is 42.5 Å². The first-order valence-electron chi connectivity index (χ1n) is 7.01. The zero-order valence-corrected chi connectivity index (χ0v) is 11.5. The van der Waals surface area contributed by atoms with Crippen molar-refractivity contribution in [2.75, 3.05) is 20.2 Å². The number of nitrogens with zero attached hydrogens (tertiary/aromatic N) is 1. The highest BCUT2D eigenvalue weighted by Crippen LogP contribution is 2.46. The Morgan fingerprint density at radius 2 is 1.90 bits per heavy atom. The summed E-state index contributed by atoms with van der Waals surface area (Å²) in [5, 5.41) is 0. The highest BCUT2D eigenvalue weighted by atomic mass is 16.5. The van der Waals surface area contributed by atoms with Gasteiger partial charge in [0.15, 0.2) is 0 Å². The Labute approximate surface area is 118 Å². The van der Waals surface area contributed by atoms with Gasteiger partial charge < -0.3 is 9.47 Å². The molecule has 4 rings (SSSR count). The summed E-state index contributed by atoms with van der Waals surface area (Å²) in [6.45, 7) is 2.63. The van der Waals surface area contributed by atoms with Crippen LogP contribution in [0.2, 0.25) is 0 Å². The topological polar surface area (TPSA) is 21.7 Å². The van der Waals surface area contributed by atoms with Gasteiger partial charge in [0, 0.05) is 24.2 Å². The van der Waals surface area contributed by atoms with Crippen molar-refractivity contribution >= 4 is 0 Å². The number of ether oxygens (including phenoxy) is 2. The number of rotatable bonds is 0. The summed E-state index contributed by atoms with van der Waals surface area (Å²) >= 11 is 0. The molecule has 3 nitrogen and oxygen atoms in total. The molecule has 0 radical (unpaired) electrons. The van der Waals surface area contributed by atoms with Gasteiger partial charge in [0.1, 0.15) is 17.6 Å². The van der Waals surface area contributed by atoms with Crippen LogP contribution in [0.1, 0.15) is 22.8 Å². The summed E-state index contributed by atoms with van der Waals surface area (Å²) in [4.78, 5) is 2.28. The zero-order valence-electron chi connectivity index (χ0n) is 11.5. The smallest absolute Gasteiger partial charge is 0.133 e. The molecule has 0 amide bonds. The molecular formula is C17H17NO2. The Hall–Kier alpha value is -1.84. The second-order valence-electron chi connectivity index (χ2n) is 5.46. The van der Waals surface area contributed by atoms with Crippen LogP contribution in [0.4, 0.5) is 0 Å². The highest BCUT2D eigenvalue weighted by molar-refractivity contribution is 5.55. The number of hydrogen-bond acceptors (Lipinski definition) is 3. The first-order chi connectivity index (χ1) is 9.83. The lowest BCUT2D eigenvalue weighted by Crippen LogP contribution is -2.29. The van der Waals surface area contributed by atoms with Crippen LogP contribution < -0.4 is 4.74 Å². The van der Waals surface area contributed by atoms with Crippen LogP contribution in [0.5, 0.6) is 11.5 Å². The Bertz CT molecular complexity index is 653. The minimum absolute atomic E-state index is 0.000139. The fourth-order valence-corrected chi connectivity index (χ4v) is 3.05. The van der Waals surface area contributed by atoms with Gasteiger partial charge in [0.2, 0.25) is 0 Å². The highest BCUT2D eigenvalue weighted by Gasteiger charge is 2.31. The van der Waals surface area contributed by atoms with E-state index in [4.69, 9.17) is 9.47 Å². The van der Waals surface area contributed by atoms with Crippen LogP contribution >= 0.6 is 0 Å². The standard InChI is InChI=1S/C17H17NO2/c1-18-9-10-19-17-13-6-2-3-7-14(13)20-15-8-4-5-12(11-18)16(15)17/h2-8,17H,9-11H2,1H3. The van der Waals surface area contributed by atoms with E-state index in [0.717, 1.165) is 36.8 Å². The van der Waals surface area contributed by atoms with Crippen molar-refractivity contribution in [2.24, 2.45) is 0 Å². The molecule has 102 valence electrons. The van der Waals surface area contributed by atoms with Crippen molar-refractivity contribution in [3.8, 4) is 11.5 Å². The second-order valence-corrected chi connectivity index (χ2v) is 5.46. The van der Waals surface area contributed by atoms with Gasteiger partial charge in [0.05, 0.1) is 6.61 Å². The Kier molecular flexibility index (Phi) is 2.76. The van der Waals surface area contributed by atoms with E-state index < -0.39 is 0 Å². The third-order valence-electron chi connectivity index (χ3n) is 4.04. The van der Waals surface area contributed by atoms with Crippen molar-refractivity contribution in [1.82, 2.24) is 4.90 Å². The Balaban J connectivity index is 1.91. The molecule has 2 aromatic carbocycles. The first kappa shape index (κ1) is 11.9. The van der Waals surface area contributed by atoms with Crippen molar-refractivity contribution in [2.45, 2.75) is 12.6 Å². The predicted octanol–water partition coefficient (Wildman–Crippen LogP) is 3.34. The lowest BCUT2D eigenvalue weighted by Gasteiger charge is -2.33. The number of para-hydroxylation sites is 1. The molecule has 0 spiro atoms. The van der Waals surface area contributed by atoms with E-state index in [1.165, 1.54) is 11.1 Å². The molecule has 0 aliphatic carbocycles. The van der Waals surface area contributed by atoms with Crippen molar-refractivity contribution in [3.63, 3.8) is 0 Å². The molecule has 0 bridgehead atoms. The molecule has 0 saturated heterocycles. The van der Waals surface area contributed by atoms with E-state index in [0.29, 0.717) is 0 Å². The normalized spacial score (nSPS) is 21.1. The molecule has 0 aromatic heterocycles. The Morgan fingerprint density at radius 3 is 2.85 bits per heavy atom. The fourth-order valence-electron chi connectivity index (χ4n) is 3.05. The SMILES string of the molecule is CN1CCOC2c3ccccc3Oc3cccc(c32)C1. The van der Waals surface area contributed by atoms with Crippen LogP contribution in [0, 0.1) is 0 Å². The first-order valence-corrected chi connectivity index (χ1v) is 7.01. The average Bonchev–Trinajstić information content (AvgIpc) is 2.44. The van der Waals surface area contributed by atoms with E-state index in [-0.39, 0.29) is 6.10 Å². The van der Waals surface area contributed by atoms with Crippen LogP contribution in [0.3, 0.4) is 0 Å². The number of benzene rings is 2. The van der Waals surface area contributed by atoms with Gasteiger partial charge in [-0.3, -0.25) is 4.90 Å². The van der Waals surface area contributed by atoms with Gasteiger partial charge in [-0.25, -0.2) is 0 Å². The van der Waals surface area contributed by atoms with E-state index in [9.17, 15) is 0 Å². The molecule has 1 atom stereocenters. The molecule has 2 heterocycles. The monoisotopic (exact) mass is 267 g/mol. The molecule has 2 aliphatic rings. The maximum atomic E-state index is 6.17. The van der Waals surface area contributed by atoms with Gasteiger partial charge in [-0.1, -0.05) is 30.3 Å². The van der Waals surface area contributed by atoms with Crippen LogP contribution in [0.25, 0.3) is 0 Å². The summed E-state index contributed by atoms with van der Waals surface area (Å²) in [6.07, 6.45) is -0.000139. The fraction of sp³-hybridized carbons (Fsp3) is 0.294. The summed E-state index contributed by atoms with van der Waals surface area (Å²) in [5.74, 6) is 1.84. The Morgan fingerprint density at radius 1 is 1.05 bits per heavy atom. The van der Waals surface area contributed by atoms with E-state index >= 15 is 0 Å². The maximum Gasteiger partial charge on any atom is 0.133 e. The molecule has 2 aromatic rings. The summed E-state index contributed by atoms with van der Waals surface area (Å²) in [6, 6.07) is 14.4. The maximum absolute atomic E-state index is 6.17. The molecule has 1 unspecified atom stereocenters. The molecule has 0 fully saturated rings. The van der Waals surface area contributed by atoms with E-state index in [2.05, 4.69) is 30.1 Å². The van der Waals surface area contributed by atoms with Gasteiger partial charge in [-0.15, -0.1) is 0 Å². The van der Waals surface area contributed by atoms with Crippen LogP contribution in [-0.2, 0) is 11.3 Å². The number of likely N-dealkylation sites (N-methyl/N-ethyl adjacent to an activating group) is 1. The third kappa shape index (κ3) is 1.82. The third-order valence-corrected chi connectivity index (χ3v) is 4.04. The van der Waals surface area contributed by atoms with Crippen molar-refractivity contribution in [3.05, 3.63) is 59.2 Å². The summed E-state index contributed by atoms with van der Waals surface area (Å²) < 4.78 is 12.2. The van der Waals surface area contributed by atoms with Gasteiger partial charge in [0.25, 0.3) is 0 Å². The zero-order chi connectivity index (χ0) is 13.5. The average molecular weight is 267 g/mol. The second kappa shape index (κ2) is 4.62. The quantitative estimate of drug-likeness (QED) is 0.730. The minimum atomic E-state index is -0.000139. The van der Waals surface area contributed by atoms with E-state index in [1.54, 1.807) is 0 Å². The van der Waals surface area contributed by atoms with Crippen molar-refractivity contribution in [1.29, 1.82) is 0 Å². The van der Waals surface area contributed by atoms with E-state index in [1.807, 2.05) is 24.3 Å². The largest absolute Gasteiger partial charge is 0.457 e. The van der Waals surface area contributed by atoms with Crippen LogP contribution in [-0.4, -0.2) is 25.1 Å². The number of fused-ring (bicyclic) bond motifs is 2.